The molecule has 7 heteroatoms. The third-order valence-corrected chi connectivity index (χ3v) is 3.30. The van der Waals surface area contributed by atoms with E-state index < -0.39 is 17.2 Å². The van der Waals surface area contributed by atoms with E-state index in [0.717, 1.165) is 15.9 Å². The lowest BCUT2D eigenvalue weighted by Crippen LogP contribution is -2.31. The fourth-order valence-corrected chi connectivity index (χ4v) is 2.33. The Balaban J connectivity index is 2.67. The first-order valence-corrected chi connectivity index (χ1v) is 5.76. The minimum atomic E-state index is -0.500. The van der Waals surface area contributed by atoms with Gasteiger partial charge in [-0.2, -0.15) is 0 Å². The van der Waals surface area contributed by atoms with Gasteiger partial charge in [-0.05, 0) is 13.0 Å². The number of rotatable bonds is 2. The Morgan fingerprint density at radius 1 is 1.53 bits per heavy atom. The van der Waals surface area contributed by atoms with Crippen LogP contribution in [0.3, 0.4) is 0 Å². The summed E-state index contributed by atoms with van der Waals surface area (Å²) in [6.45, 7) is 1.97. The summed E-state index contributed by atoms with van der Waals surface area (Å²) >= 11 is 1.04. The summed E-state index contributed by atoms with van der Waals surface area (Å²) in [5.41, 5.74) is -0.921. The maximum Gasteiger partial charge on any atom is 0.348 e. The first-order valence-electron chi connectivity index (χ1n) is 4.94. The summed E-state index contributed by atoms with van der Waals surface area (Å²) < 4.78 is 5.79. The number of ether oxygens (including phenoxy) is 1. The van der Waals surface area contributed by atoms with Crippen LogP contribution in [0.4, 0.5) is 0 Å². The van der Waals surface area contributed by atoms with E-state index in [4.69, 9.17) is 4.74 Å². The highest BCUT2D eigenvalue weighted by Gasteiger charge is 2.14. The van der Waals surface area contributed by atoms with Crippen LogP contribution >= 0.6 is 11.3 Å². The molecule has 0 unspecified atom stereocenters. The summed E-state index contributed by atoms with van der Waals surface area (Å²) in [6, 6.07) is 1.44. The van der Waals surface area contributed by atoms with Gasteiger partial charge in [0.25, 0.3) is 5.56 Å². The third kappa shape index (κ3) is 1.89. The molecule has 0 saturated heterocycles. The van der Waals surface area contributed by atoms with Gasteiger partial charge in [-0.25, -0.2) is 9.59 Å². The summed E-state index contributed by atoms with van der Waals surface area (Å²) in [6.07, 6.45) is 0. The molecule has 0 aliphatic heterocycles. The molecule has 0 atom stereocenters. The second-order valence-corrected chi connectivity index (χ2v) is 4.42. The maximum absolute atomic E-state index is 11.7. The van der Waals surface area contributed by atoms with E-state index in [1.165, 1.54) is 13.1 Å². The second-order valence-electron chi connectivity index (χ2n) is 3.37. The average molecular weight is 254 g/mol. The Hall–Kier alpha value is -1.89. The van der Waals surface area contributed by atoms with Gasteiger partial charge < -0.3 is 4.74 Å². The van der Waals surface area contributed by atoms with Crippen LogP contribution < -0.4 is 11.2 Å². The van der Waals surface area contributed by atoms with Crippen molar-refractivity contribution in [2.45, 2.75) is 6.92 Å². The van der Waals surface area contributed by atoms with Gasteiger partial charge in [0.15, 0.2) is 0 Å². The molecular weight excluding hydrogens is 244 g/mol. The third-order valence-electron chi connectivity index (χ3n) is 2.27. The van der Waals surface area contributed by atoms with Crippen molar-refractivity contribution in [3.05, 3.63) is 31.8 Å². The molecular formula is C10H10N2O4S. The van der Waals surface area contributed by atoms with Crippen LogP contribution in [-0.4, -0.2) is 22.1 Å². The van der Waals surface area contributed by atoms with Crippen LogP contribution in [0.25, 0.3) is 10.2 Å². The number of nitrogens with one attached hydrogen (secondary N) is 1. The van der Waals surface area contributed by atoms with E-state index in [1.54, 1.807) is 6.92 Å². The van der Waals surface area contributed by atoms with Crippen molar-refractivity contribution < 1.29 is 9.53 Å². The van der Waals surface area contributed by atoms with Crippen molar-refractivity contribution in [3.8, 4) is 0 Å². The van der Waals surface area contributed by atoms with E-state index in [-0.39, 0.29) is 6.61 Å². The largest absolute Gasteiger partial charge is 0.462 e. The number of carbonyl (C=O) groups is 1. The lowest BCUT2D eigenvalue weighted by molar-refractivity contribution is 0.0532. The molecule has 2 rings (SSSR count). The average Bonchev–Trinajstić information content (AvgIpc) is 2.70. The number of nitrogens with zero attached hydrogens (tertiary/aromatic N) is 1. The molecule has 2 aromatic heterocycles. The highest BCUT2D eigenvalue weighted by atomic mass is 32.1. The molecule has 0 amide bonds. The minimum Gasteiger partial charge on any atom is -0.462 e. The Morgan fingerprint density at radius 2 is 2.24 bits per heavy atom. The van der Waals surface area contributed by atoms with Crippen molar-refractivity contribution >= 4 is 27.5 Å². The van der Waals surface area contributed by atoms with Gasteiger partial charge in [0, 0.05) is 7.05 Å². The number of hydrogen-bond acceptors (Lipinski definition) is 5. The van der Waals surface area contributed by atoms with Gasteiger partial charge in [-0.1, -0.05) is 0 Å². The van der Waals surface area contributed by atoms with Gasteiger partial charge in [0.1, 0.15) is 9.71 Å². The topological polar surface area (TPSA) is 81.2 Å². The number of carbonyl (C=O) groups excluding carboxylic acids is 1. The number of H-pyrrole nitrogens is 1. The number of fused-ring (bicyclic) bond motifs is 1. The van der Waals surface area contributed by atoms with E-state index in [0.29, 0.717) is 15.1 Å². The molecule has 0 radical (unpaired) electrons. The van der Waals surface area contributed by atoms with E-state index in [2.05, 4.69) is 4.98 Å². The van der Waals surface area contributed by atoms with E-state index in [1.807, 2.05) is 0 Å². The predicted molar refractivity (Wildman–Crippen MR) is 63.6 cm³/mol. The van der Waals surface area contributed by atoms with E-state index in [9.17, 15) is 14.4 Å². The van der Waals surface area contributed by atoms with Crippen LogP contribution in [0.1, 0.15) is 16.6 Å². The quantitative estimate of drug-likeness (QED) is 0.790. The van der Waals surface area contributed by atoms with Gasteiger partial charge >= 0.3 is 11.7 Å². The van der Waals surface area contributed by atoms with Crippen molar-refractivity contribution in [1.82, 2.24) is 9.55 Å². The van der Waals surface area contributed by atoms with Gasteiger partial charge in [-0.3, -0.25) is 14.3 Å². The van der Waals surface area contributed by atoms with Gasteiger partial charge in [0.05, 0.1) is 12.0 Å². The summed E-state index contributed by atoms with van der Waals surface area (Å²) in [5, 5.41) is 0.320. The monoisotopic (exact) mass is 254 g/mol. The van der Waals surface area contributed by atoms with Gasteiger partial charge in [0.2, 0.25) is 0 Å². The molecule has 2 heterocycles. The SMILES string of the molecule is CCOC(=O)c1cc2c(=O)n(C)c(=O)[nH]c2s1. The van der Waals surface area contributed by atoms with Crippen LogP contribution in [0.2, 0.25) is 0 Å². The summed E-state index contributed by atoms with van der Waals surface area (Å²) in [7, 11) is 1.38. The molecule has 0 spiro atoms. The lowest BCUT2D eigenvalue weighted by Gasteiger charge is -1.95. The molecule has 90 valence electrons. The molecule has 0 aliphatic carbocycles. The minimum absolute atomic E-state index is 0.265. The van der Waals surface area contributed by atoms with Crippen molar-refractivity contribution in [2.75, 3.05) is 6.61 Å². The summed E-state index contributed by atoms with van der Waals surface area (Å²) in [4.78, 5) is 37.8. The fraction of sp³-hybridized carbons (Fsp3) is 0.300. The number of aromatic amines is 1. The molecule has 0 fully saturated rings. The predicted octanol–water partition coefficient (Wildman–Crippen LogP) is 0.465. The van der Waals surface area contributed by atoms with E-state index >= 15 is 0 Å². The molecule has 1 N–H and O–H groups in total. The number of aromatic nitrogens is 2. The Morgan fingerprint density at radius 3 is 2.88 bits per heavy atom. The second kappa shape index (κ2) is 4.17. The number of hydrogen-bond donors (Lipinski definition) is 1. The van der Waals surface area contributed by atoms with Crippen LogP contribution in [-0.2, 0) is 11.8 Å². The van der Waals surface area contributed by atoms with Gasteiger partial charge in [-0.15, -0.1) is 11.3 Å². The highest BCUT2D eigenvalue weighted by molar-refractivity contribution is 7.20. The van der Waals surface area contributed by atoms with Crippen molar-refractivity contribution in [2.24, 2.45) is 7.05 Å². The van der Waals surface area contributed by atoms with Crippen LogP contribution in [0, 0.1) is 0 Å². The molecule has 0 aromatic carbocycles. The zero-order chi connectivity index (χ0) is 12.6. The standard InChI is InChI=1S/C10H10N2O4S/c1-3-16-9(14)6-4-5-7(17-6)11-10(15)12(2)8(5)13/h4H,3H2,1-2H3,(H,11,15). The van der Waals surface area contributed by atoms with Crippen LogP contribution in [0.15, 0.2) is 15.7 Å². The first-order chi connectivity index (χ1) is 8.04. The molecule has 17 heavy (non-hydrogen) atoms. The normalized spacial score (nSPS) is 10.7. The first kappa shape index (κ1) is 11.6. The molecule has 0 saturated carbocycles. The Bertz CT molecular complexity index is 694. The molecule has 6 nitrogen and oxygen atoms in total. The number of esters is 1. The van der Waals surface area contributed by atoms with Crippen molar-refractivity contribution in [3.63, 3.8) is 0 Å². The Labute approximate surface area is 99.5 Å². The lowest BCUT2D eigenvalue weighted by atomic mass is 10.3. The zero-order valence-corrected chi connectivity index (χ0v) is 10.1. The zero-order valence-electron chi connectivity index (χ0n) is 9.27. The maximum atomic E-state index is 11.7. The molecule has 0 aliphatic rings. The number of thiophene rings is 1. The highest BCUT2D eigenvalue weighted by Crippen LogP contribution is 2.20. The smallest absolute Gasteiger partial charge is 0.348 e. The molecule has 0 bridgehead atoms. The van der Waals surface area contributed by atoms with Crippen LogP contribution in [0.5, 0.6) is 0 Å². The Kier molecular flexibility index (Phi) is 2.84. The van der Waals surface area contributed by atoms with Crippen molar-refractivity contribution in [1.29, 1.82) is 0 Å². The summed E-state index contributed by atoms with van der Waals surface area (Å²) in [5.74, 6) is -0.489. The molecule has 2 aromatic rings. The fourth-order valence-electron chi connectivity index (χ4n) is 1.40.